The largest absolute Gasteiger partial charge is 0.492 e. The molecular weight excluding hydrogens is 300 g/mol. The summed E-state index contributed by atoms with van der Waals surface area (Å²) in [5, 5.41) is 3.99. The van der Waals surface area contributed by atoms with Crippen LogP contribution in [0.1, 0.15) is 27.2 Å². The van der Waals surface area contributed by atoms with Crippen LogP contribution in [-0.4, -0.2) is 24.0 Å². The van der Waals surface area contributed by atoms with Gasteiger partial charge >= 0.3 is 0 Å². The molecular formula is C20H22N2O2. The fraction of sp³-hybridized carbons (Fsp3) is 0.250. The number of rotatable bonds is 5. The van der Waals surface area contributed by atoms with Crippen molar-refractivity contribution in [2.24, 2.45) is 0 Å². The Kier molecular flexibility index (Phi) is 4.56. The predicted octanol–water partition coefficient (Wildman–Crippen LogP) is 3.90. The third-order valence-corrected chi connectivity index (χ3v) is 4.22. The number of aryl methyl sites for hydroxylation is 3. The Morgan fingerprint density at radius 2 is 1.96 bits per heavy atom. The average molecular weight is 322 g/mol. The van der Waals surface area contributed by atoms with Crippen molar-refractivity contribution >= 4 is 16.8 Å². The van der Waals surface area contributed by atoms with Gasteiger partial charge in [0.15, 0.2) is 0 Å². The monoisotopic (exact) mass is 322 g/mol. The SMILES string of the molecule is Cc1cccc(OCCNC(=O)c2ccc3[nH]c(C)c(C)c3c2)c1. The number of ether oxygens (including phenoxy) is 1. The van der Waals surface area contributed by atoms with Crippen LogP contribution in [0.25, 0.3) is 10.9 Å². The first kappa shape index (κ1) is 16.1. The second kappa shape index (κ2) is 6.79. The second-order valence-corrected chi connectivity index (χ2v) is 6.06. The summed E-state index contributed by atoms with van der Waals surface area (Å²) < 4.78 is 5.65. The van der Waals surface area contributed by atoms with E-state index in [-0.39, 0.29) is 5.91 Å². The Hall–Kier alpha value is -2.75. The highest BCUT2D eigenvalue weighted by atomic mass is 16.5. The van der Waals surface area contributed by atoms with Gasteiger partial charge in [-0.1, -0.05) is 12.1 Å². The lowest BCUT2D eigenvalue weighted by Gasteiger charge is -2.08. The van der Waals surface area contributed by atoms with Gasteiger partial charge in [0.1, 0.15) is 12.4 Å². The molecule has 0 unspecified atom stereocenters. The first-order chi connectivity index (χ1) is 11.5. The van der Waals surface area contributed by atoms with Crippen LogP contribution in [0, 0.1) is 20.8 Å². The van der Waals surface area contributed by atoms with Crippen molar-refractivity contribution in [3.8, 4) is 5.75 Å². The molecule has 3 rings (SSSR count). The molecule has 0 aliphatic rings. The van der Waals surface area contributed by atoms with Crippen LogP contribution < -0.4 is 10.1 Å². The van der Waals surface area contributed by atoms with E-state index in [1.54, 1.807) is 0 Å². The summed E-state index contributed by atoms with van der Waals surface area (Å²) in [7, 11) is 0. The number of benzene rings is 2. The van der Waals surface area contributed by atoms with E-state index >= 15 is 0 Å². The molecule has 0 spiro atoms. The number of H-pyrrole nitrogens is 1. The summed E-state index contributed by atoms with van der Waals surface area (Å²) in [6.07, 6.45) is 0. The molecule has 4 nitrogen and oxygen atoms in total. The average Bonchev–Trinajstić information content (AvgIpc) is 2.86. The fourth-order valence-electron chi connectivity index (χ4n) is 2.74. The topological polar surface area (TPSA) is 54.1 Å². The van der Waals surface area contributed by atoms with Crippen molar-refractivity contribution < 1.29 is 9.53 Å². The zero-order chi connectivity index (χ0) is 17.1. The van der Waals surface area contributed by atoms with Crippen molar-refractivity contribution in [2.75, 3.05) is 13.2 Å². The Labute approximate surface area is 141 Å². The lowest BCUT2D eigenvalue weighted by atomic mass is 10.1. The third kappa shape index (κ3) is 3.43. The summed E-state index contributed by atoms with van der Waals surface area (Å²) in [5.41, 5.74) is 5.20. The number of hydrogen-bond acceptors (Lipinski definition) is 2. The van der Waals surface area contributed by atoms with Gasteiger partial charge in [-0.05, 0) is 62.2 Å². The van der Waals surface area contributed by atoms with Crippen molar-refractivity contribution in [3.63, 3.8) is 0 Å². The van der Waals surface area contributed by atoms with Crippen molar-refractivity contribution in [1.29, 1.82) is 0 Å². The molecule has 0 aliphatic heterocycles. The highest BCUT2D eigenvalue weighted by Gasteiger charge is 2.09. The Morgan fingerprint density at radius 3 is 2.75 bits per heavy atom. The number of carbonyl (C=O) groups is 1. The van der Waals surface area contributed by atoms with Gasteiger partial charge in [-0.3, -0.25) is 4.79 Å². The summed E-state index contributed by atoms with van der Waals surface area (Å²) in [6, 6.07) is 13.6. The molecule has 0 bridgehead atoms. The molecule has 0 radical (unpaired) electrons. The van der Waals surface area contributed by atoms with Crippen LogP contribution in [0.2, 0.25) is 0 Å². The molecule has 124 valence electrons. The summed E-state index contributed by atoms with van der Waals surface area (Å²) >= 11 is 0. The Balaban J connectivity index is 1.58. The minimum atomic E-state index is -0.0806. The van der Waals surface area contributed by atoms with Crippen molar-refractivity contribution in [2.45, 2.75) is 20.8 Å². The van der Waals surface area contributed by atoms with Crippen LogP contribution in [0.4, 0.5) is 0 Å². The third-order valence-electron chi connectivity index (χ3n) is 4.22. The summed E-state index contributed by atoms with van der Waals surface area (Å²) in [4.78, 5) is 15.6. The predicted molar refractivity (Wildman–Crippen MR) is 96.8 cm³/mol. The van der Waals surface area contributed by atoms with Gasteiger partial charge in [0.05, 0.1) is 6.54 Å². The summed E-state index contributed by atoms with van der Waals surface area (Å²) in [5.74, 6) is 0.743. The molecule has 0 fully saturated rings. The summed E-state index contributed by atoms with van der Waals surface area (Å²) in [6.45, 7) is 7.04. The molecule has 24 heavy (non-hydrogen) atoms. The second-order valence-electron chi connectivity index (χ2n) is 6.06. The van der Waals surface area contributed by atoms with Gasteiger partial charge < -0.3 is 15.0 Å². The zero-order valence-electron chi connectivity index (χ0n) is 14.3. The van der Waals surface area contributed by atoms with E-state index in [4.69, 9.17) is 4.74 Å². The van der Waals surface area contributed by atoms with Crippen LogP contribution >= 0.6 is 0 Å². The molecule has 1 heterocycles. The normalized spacial score (nSPS) is 10.8. The number of aromatic nitrogens is 1. The van der Waals surface area contributed by atoms with E-state index in [0.29, 0.717) is 18.7 Å². The number of fused-ring (bicyclic) bond motifs is 1. The molecule has 2 N–H and O–H groups in total. The van der Waals surface area contributed by atoms with Crippen LogP contribution in [0.15, 0.2) is 42.5 Å². The molecule has 0 saturated carbocycles. The van der Waals surface area contributed by atoms with E-state index in [1.807, 2.05) is 56.3 Å². The molecule has 0 saturated heterocycles. The van der Waals surface area contributed by atoms with Crippen LogP contribution in [0.3, 0.4) is 0 Å². The molecule has 0 aliphatic carbocycles. The molecule has 0 atom stereocenters. The minimum Gasteiger partial charge on any atom is -0.492 e. The highest BCUT2D eigenvalue weighted by Crippen LogP contribution is 2.22. The number of nitrogens with one attached hydrogen (secondary N) is 2. The van der Waals surface area contributed by atoms with Crippen molar-refractivity contribution in [1.82, 2.24) is 10.3 Å². The van der Waals surface area contributed by atoms with Gasteiger partial charge in [-0.2, -0.15) is 0 Å². The number of hydrogen-bond donors (Lipinski definition) is 2. The number of carbonyl (C=O) groups excluding carboxylic acids is 1. The van der Waals surface area contributed by atoms with Crippen molar-refractivity contribution in [3.05, 3.63) is 64.8 Å². The van der Waals surface area contributed by atoms with Crippen LogP contribution in [0.5, 0.6) is 5.75 Å². The first-order valence-electron chi connectivity index (χ1n) is 8.11. The smallest absolute Gasteiger partial charge is 0.251 e. The quantitative estimate of drug-likeness (QED) is 0.700. The van der Waals surface area contributed by atoms with Gasteiger partial charge in [0.2, 0.25) is 0 Å². The van der Waals surface area contributed by atoms with E-state index in [9.17, 15) is 4.79 Å². The lowest BCUT2D eigenvalue weighted by molar-refractivity contribution is 0.0947. The number of aromatic amines is 1. The molecule has 4 heteroatoms. The van der Waals surface area contributed by atoms with E-state index < -0.39 is 0 Å². The zero-order valence-corrected chi connectivity index (χ0v) is 14.3. The number of amides is 1. The lowest BCUT2D eigenvalue weighted by Crippen LogP contribution is -2.28. The van der Waals surface area contributed by atoms with Gasteiger partial charge in [0.25, 0.3) is 5.91 Å². The molecule has 2 aromatic carbocycles. The molecule has 3 aromatic rings. The van der Waals surface area contributed by atoms with E-state index in [0.717, 1.165) is 27.9 Å². The maximum Gasteiger partial charge on any atom is 0.251 e. The van der Waals surface area contributed by atoms with Crippen LogP contribution in [-0.2, 0) is 0 Å². The maximum atomic E-state index is 12.3. The Morgan fingerprint density at radius 1 is 1.12 bits per heavy atom. The fourth-order valence-corrected chi connectivity index (χ4v) is 2.74. The standard InChI is InChI=1S/C20H22N2O2/c1-13-5-4-6-17(11-13)24-10-9-21-20(23)16-7-8-19-18(12-16)14(2)15(3)22-19/h4-8,11-12,22H,9-10H2,1-3H3,(H,21,23). The van der Waals surface area contributed by atoms with Gasteiger partial charge in [0, 0.05) is 22.2 Å². The van der Waals surface area contributed by atoms with E-state index in [2.05, 4.69) is 17.2 Å². The Bertz CT molecular complexity index is 880. The maximum absolute atomic E-state index is 12.3. The first-order valence-corrected chi connectivity index (χ1v) is 8.11. The highest BCUT2D eigenvalue weighted by molar-refractivity contribution is 5.99. The van der Waals surface area contributed by atoms with Gasteiger partial charge in [-0.25, -0.2) is 0 Å². The minimum absolute atomic E-state index is 0.0806. The molecule has 1 amide bonds. The molecule has 1 aromatic heterocycles. The van der Waals surface area contributed by atoms with Gasteiger partial charge in [-0.15, -0.1) is 0 Å². The van der Waals surface area contributed by atoms with E-state index in [1.165, 1.54) is 5.56 Å².